The molecule has 0 fully saturated rings. The fourth-order valence-electron chi connectivity index (χ4n) is 5.22. The summed E-state index contributed by atoms with van der Waals surface area (Å²) >= 11 is 0. The summed E-state index contributed by atoms with van der Waals surface area (Å²) in [7, 11) is -1.70. The highest BCUT2D eigenvalue weighted by Gasteiger charge is 2.47. The van der Waals surface area contributed by atoms with Crippen molar-refractivity contribution < 1.29 is 9.47 Å². The van der Waals surface area contributed by atoms with Gasteiger partial charge in [-0.15, -0.1) is 5.54 Å². The van der Waals surface area contributed by atoms with E-state index in [-0.39, 0.29) is 0 Å². The molecule has 1 aliphatic heterocycles. The van der Waals surface area contributed by atoms with E-state index >= 15 is 0 Å². The summed E-state index contributed by atoms with van der Waals surface area (Å²) in [6, 6.07) is 6.43. The zero-order valence-corrected chi connectivity index (χ0v) is 22.2. The highest BCUT2D eigenvalue weighted by Crippen LogP contribution is 2.49. The summed E-state index contributed by atoms with van der Waals surface area (Å²) in [6.45, 7) is 22.8. The maximum atomic E-state index is 6.11. The quantitative estimate of drug-likeness (QED) is 0.368. The summed E-state index contributed by atoms with van der Waals surface area (Å²) in [6.07, 6.45) is 0. The standard InChI is InChI=1S/C25H40O2Si2/c1-18(2)29(19(3)4,20(5)6)25(13-14-28(8,9)10)24-17-27-16-21-15-22(26-7)11-12-23(21)24/h11-12,15,18-20H,16-17H2,1-10H3/b25-24+. The maximum absolute atomic E-state index is 6.11. The van der Waals surface area contributed by atoms with Crippen LogP contribution in [-0.2, 0) is 11.3 Å². The molecule has 0 saturated carbocycles. The molecule has 0 radical (unpaired) electrons. The number of methoxy groups -OCH3 is 1. The molecule has 2 nitrogen and oxygen atoms in total. The first-order valence-corrected chi connectivity index (χ1v) is 16.7. The topological polar surface area (TPSA) is 18.5 Å². The molecule has 0 aliphatic carbocycles. The summed E-state index contributed by atoms with van der Waals surface area (Å²) in [5, 5.41) is 1.44. The molecule has 0 amide bonds. The van der Waals surface area contributed by atoms with Crippen molar-refractivity contribution in [1.29, 1.82) is 0 Å². The predicted octanol–water partition coefficient (Wildman–Crippen LogP) is 7.08. The van der Waals surface area contributed by atoms with Crippen LogP contribution in [0.2, 0.25) is 36.3 Å². The second-order valence-corrected chi connectivity index (χ2v) is 20.8. The number of hydrogen-bond acceptors (Lipinski definition) is 2. The fraction of sp³-hybridized carbons (Fsp3) is 0.600. The van der Waals surface area contributed by atoms with Gasteiger partial charge in [-0.25, -0.2) is 0 Å². The lowest BCUT2D eigenvalue weighted by Crippen LogP contribution is -2.47. The Labute approximate surface area is 181 Å². The molecule has 0 spiro atoms. The van der Waals surface area contributed by atoms with Crippen molar-refractivity contribution >= 4 is 21.7 Å². The Morgan fingerprint density at radius 2 is 1.55 bits per heavy atom. The van der Waals surface area contributed by atoms with Crippen LogP contribution >= 0.6 is 0 Å². The number of fused-ring (bicyclic) bond motifs is 1. The molecule has 0 atom stereocenters. The van der Waals surface area contributed by atoms with Gasteiger partial charge in [-0.05, 0) is 50.7 Å². The molecule has 29 heavy (non-hydrogen) atoms. The predicted molar refractivity (Wildman–Crippen MR) is 132 cm³/mol. The summed E-state index contributed by atoms with van der Waals surface area (Å²) in [5.41, 5.74) is 9.44. The van der Waals surface area contributed by atoms with E-state index in [9.17, 15) is 0 Å². The lowest BCUT2D eigenvalue weighted by molar-refractivity contribution is 0.146. The van der Waals surface area contributed by atoms with Crippen molar-refractivity contribution in [2.45, 2.75) is 84.4 Å². The molecule has 0 bridgehead atoms. The van der Waals surface area contributed by atoms with Crippen LogP contribution in [0.15, 0.2) is 23.4 Å². The van der Waals surface area contributed by atoms with E-state index in [1.165, 1.54) is 21.9 Å². The SMILES string of the molecule is COc1ccc2c(c1)COC/C2=C(/C#C[Si](C)(C)C)[Si](C(C)C)(C(C)C)C(C)C. The van der Waals surface area contributed by atoms with Crippen LogP contribution in [0.25, 0.3) is 5.57 Å². The zero-order chi connectivity index (χ0) is 22.0. The highest BCUT2D eigenvalue weighted by molar-refractivity contribution is 6.92. The van der Waals surface area contributed by atoms with Crippen molar-refractivity contribution in [2.24, 2.45) is 0 Å². The van der Waals surface area contributed by atoms with Crippen LogP contribution < -0.4 is 4.74 Å². The molecule has 1 heterocycles. The molecule has 1 aliphatic rings. The first-order chi connectivity index (χ1) is 13.4. The second kappa shape index (κ2) is 9.24. The van der Waals surface area contributed by atoms with Crippen molar-refractivity contribution in [3.05, 3.63) is 34.5 Å². The zero-order valence-electron chi connectivity index (χ0n) is 20.2. The Bertz CT molecular complexity index is 796. The minimum absolute atomic E-state index is 0.615. The number of ether oxygens (including phenoxy) is 2. The number of allylic oxidation sites excluding steroid dienone is 1. The van der Waals surface area contributed by atoms with Crippen molar-refractivity contribution in [1.82, 2.24) is 0 Å². The Morgan fingerprint density at radius 3 is 2.03 bits per heavy atom. The normalized spacial score (nSPS) is 16.6. The Balaban J connectivity index is 2.91. The van der Waals surface area contributed by atoms with Gasteiger partial charge >= 0.3 is 0 Å². The van der Waals surface area contributed by atoms with E-state index < -0.39 is 16.1 Å². The van der Waals surface area contributed by atoms with Crippen molar-refractivity contribution in [3.8, 4) is 17.2 Å². The van der Waals surface area contributed by atoms with Crippen LogP contribution in [0.3, 0.4) is 0 Å². The van der Waals surface area contributed by atoms with Crippen LogP contribution in [0, 0.1) is 11.5 Å². The van der Waals surface area contributed by atoms with E-state index in [0.29, 0.717) is 29.8 Å². The second-order valence-electron chi connectivity index (χ2n) is 10.3. The van der Waals surface area contributed by atoms with Crippen LogP contribution in [0.1, 0.15) is 52.7 Å². The van der Waals surface area contributed by atoms with Gasteiger partial charge in [0.25, 0.3) is 0 Å². The molecular formula is C25H40O2Si2. The van der Waals surface area contributed by atoms with Gasteiger partial charge in [0.2, 0.25) is 0 Å². The van der Waals surface area contributed by atoms with Crippen molar-refractivity contribution in [3.63, 3.8) is 0 Å². The van der Waals surface area contributed by atoms with E-state index in [1.807, 2.05) is 0 Å². The van der Waals surface area contributed by atoms with Crippen molar-refractivity contribution in [2.75, 3.05) is 13.7 Å². The molecule has 0 N–H and O–H groups in total. The van der Waals surface area contributed by atoms with E-state index in [1.54, 1.807) is 7.11 Å². The maximum Gasteiger partial charge on any atom is 0.129 e. The van der Waals surface area contributed by atoms with Gasteiger partial charge in [0.05, 0.1) is 20.3 Å². The van der Waals surface area contributed by atoms with Gasteiger partial charge in [0, 0.05) is 0 Å². The first kappa shape index (κ1) is 24.0. The molecule has 2 rings (SSSR count). The molecule has 0 saturated heterocycles. The fourth-order valence-corrected chi connectivity index (χ4v) is 12.6. The first-order valence-electron chi connectivity index (χ1n) is 11.0. The van der Waals surface area contributed by atoms with Gasteiger partial charge in [0.1, 0.15) is 21.9 Å². The number of hydrogen-bond donors (Lipinski definition) is 0. The third-order valence-electron chi connectivity index (χ3n) is 6.30. The highest BCUT2D eigenvalue weighted by atomic mass is 28.3. The minimum atomic E-state index is -1.92. The average molecular weight is 429 g/mol. The van der Waals surface area contributed by atoms with Gasteiger partial charge in [-0.2, -0.15) is 0 Å². The largest absolute Gasteiger partial charge is 0.497 e. The third-order valence-corrected chi connectivity index (χ3v) is 14.2. The molecule has 4 heteroatoms. The van der Waals surface area contributed by atoms with Gasteiger partial charge in [0.15, 0.2) is 0 Å². The Hall–Kier alpha value is -1.29. The third kappa shape index (κ3) is 4.90. The lowest BCUT2D eigenvalue weighted by atomic mass is 9.97. The minimum Gasteiger partial charge on any atom is -0.497 e. The summed E-state index contributed by atoms with van der Waals surface area (Å²) in [5.74, 6) is 4.72. The average Bonchev–Trinajstić information content (AvgIpc) is 2.62. The molecule has 1 aromatic rings. The smallest absolute Gasteiger partial charge is 0.129 e. The van der Waals surface area contributed by atoms with E-state index in [2.05, 4.69) is 90.8 Å². The summed E-state index contributed by atoms with van der Waals surface area (Å²) < 4.78 is 11.6. The lowest BCUT2D eigenvalue weighted by Gasteiger charge is -2.45. The molecule has 1 aromatic carbocycles. The molecule has 0 aromatic heterocycles. The number of benzene rings is 1. The van der Waals surface area contributed by atoms with Crippen LogP contribution in [-0.4, -0.2) is 29.9 Å². The van der Waals surface area contributed by atoms with Gasteiger partial charge < -0.3 is 9.47 Å². The number of rotatable bonds is 5. The Morgan fingerprint density at radius 1 is 0.966 bits per heavy atom. The van der Waals surface area contributed by atoms with Crippen LogP contribution in [0.4, 0.5) is 0 Å². The van der Waals surface area contributed by atoms with Gasteiger partial charge in [-0.3, -0.25) is 0 Å². The van der Waals surface area contributed by atoms with E-state index in [4.69, 9.17) is 9.47 Å². The Kier molecular flexibility index (Phi) is 7.65. The van der Waals surface area contributed by atoms with E-state index in [0.717, 1.165) is 5.75 Å². The molecule has 0 unspecified atom stereocenters. The summed E-state index contributed by atoms with van der Waals surface area (Å²) in [4.78, 5) is 0. The van der Waals surface area contributed by atoms with Crippen LogP contribution in [0.5, 0.6) is 5.75 Å². The monoisotopic (exact) mass is 428 g/mol. The molecular weight excluding hydrogens is 388 g/mol. The molecule has 160 valence electrons. The van der Waals surface area contributed by atoms with Gasteiger partial charge in [-0.1, -0.05) is 73.2 Å².